The van der Waals surface area contributed by atoms with Crippen molar-refractivity contribution in [2.45, 2.75) is 32.4 Å². The molecular formula is C11H15N5O2. The first-order chi connectivity index (χ1) is 8.65. The SMILES string of the molecule is C[C@H]1Cn2nnc(C(=O)NCC3CC3)c2C(=O)N1. The number of rotatable bonds is 3. The summed E-state index contributed by atoms with van der Waals surface area (Å²) in [5.41, 5.74) is 0.390. The van der Waals surface area contributed by atoms with Gasteiger partial charge in [-0.2, -0.15) is 0 Å². The molecule has 0 spiro atoms. The van der Waals surface area contributed by atoms with Crippen molar-refractivity contribution < 1.29 is 9.59 Å². The quantitative estimate of drug-likeness (QED) is 0.759. The molecule has 2 heterocycles. The lowest BCUT2D eigenvalue weighted by Gasteiger charge is -2.20. The fraction of sp³-hybridized carbons (Fsp3) is 0.636. The molecule has 0 radical (unpaired) electrons. The number of carbonyl (C=O) groups excluding carboxylic acids is 2. The third-order valence-electron chi connectivity index (χ3n) is 3.24. The predicted molar refractivity (Wildman–Crippen MR) is 62.0 cm³/mol. The number of nitrogens with zero attached hydrogens (tertiary/aromatic N) is 3. The second-order valence-electron chi connectivity index (χ2n) is 5.00. The van der Waals surface area contributed by atoms with Crippen LogP contribution in [0, 0.1) is 5.92 Å². The summed E-state index contributed by atoms with van der Waals surface area (Å²) in [5.74, 6) is -0.00243. The first-order valence-electron chi connectivity index (χ1n) is 6.17. The number of aromatic nitrogens is 3. The van der Waals surface area contributed by atoms with Gasteiger partial charge in [-0.05, 0) is 25.7 Å². The van der Waals surface area contributed by atoms with E-state index < -0.39 is 0 Å². The highest BCUT2D eigenvalue weighted by atomic mass is 16.2. The maximum atomic E-state index is 11.9. The molecule has 1 atom stereocenters. The Morgan fingerprint density at radius 1 is 1.56 bits per heavy atom. The van der Waals surface area contributed by atoms with Crippen molar-refractivity contribution in [3.63, 3.8) is 0 Å². The Labute approximate surface area is 104 Å². The molecule has 2 N–H and O–H groups in total. The van der Waals surface area contributed by atoms with Crippen LogP contribution in [0.4, 0.5) is 0 Å². The van der Waals surface area contributed by atoms with Crippen molar-refractivity contribution in [3.05, 3.63) is 11.4 Å². The van der Waals surface area contributed by atoms with Crippen LogP contribution >= 0.6 is 0 Å². The maximum Gasteiger partial charge on any atom is 0.274 e. The molecule has 1 aliphatic heterocycles. The van der Waals surface area contributed by atoms with Crippen molar-refractivity contribution in [2.24, 2.45) is 5.92 Å². The first-order valence-corrected chi connectivity index (χ1v) is 6.17. The van der Waals surface area contributed by atoms with E-state index in [4.69, 9.17) is 0 Å². The van der Waals surface area contributed by atoms with Crippen LogP contribution in [0.2, 0.25) is 0 Å². The molecule has 0 aromatic carbocycles. The molecule has 2 aliphatic rings. The molecule has 2 amide bonds. The second kappa shape index (κ2) is 4.08. The predicted octanol–water partition coefficient (Wildman–Crippen LogP) is -0.450. The van der Waals surface area contributed by atoms with E-state index in [9.17, 15) is 9.59 Å². The van der Waals surface area contributed by atoms with E-state index in [2.05, 4.69) is 20.9 Å². The molecule has 3 rings (SSSR count). The Kier molecular flexibility index (Phi) is 2.53. The number of hydrogen-bond acceptors (Lipinski definition) is 4. The molecule has 1 aromatic rings. The Balaban J connectivity index is 1.80. The molecular weight excluding hydrogens is 234 g/mol. The van der Waals surface area contributed by atoms with Crippen LogP contribution in [0.25, 0.3) is 0 Å². The highest BCUT2D eigenvalue weighted by molar-refractivity contribution is 6.05. The van der Waals surface area contributed by atoms with Gasteiger partial charge in [-0.3, -0.25) is 9.59 Å². The van der Waals surface area contributed by atoms with Crippen LogP contribution in [-0.2, 0) is 6.54 Å². The van der Waals surface area contributed by atoms with Gasteiger partial charge in [0.05, 0.1) is 6.54 Å². The van der Waals surface area contributed by atoms with Crippen LogP contribution in [-0.4, -0.2) is 39.4 Å². The van der Waals surface area contributed by atoms with Crippen LogP contribution in [0.15, 0.2) is 0 Å². The zero-order chi connectivity index (χ0) is 12.7. The number of hydrogen-bond donors (Lipinski definition) is 2. The second-order valence-corrected chi connectivity index (χ2v) is 5.00. The summed E-state index contributed by atoms with van der Waals surface area (Å²) in [6, 6.07) is 0.00840. The van der Waals surface area contributed by atoms with Gasteiger partial charge in [0.2, 0.25) is 0 Å². The Hall–Kier alpha value is -1.92. The van der Waals surface area contributed by atoms with E-state index in [1.807, 2.05) is 6.92 Å². The summed E-state index contributed by atoms with van der Waals surface area (Å²) in [7, 11) is 0. The van der Waals surface area contributed by atoms with E-state index >= 15 is 0 Å². The lowest BCUT2D eigenvalue weighted by atomic mass is 10.2. The summed E-state index contributed by atoms with van der Waals surface area (Å²) < 4.78 is 1.50. The summed E-state index contributed by atoms with van der Waals surface area (Å²) in [5, 5.41) is 13.3. The van der Waals surface area contributed by atoms with Gasteiger partial charge in [0.15, 0.2) is 11.4 Å². The van der Waals surface area contributed by atoms with E-state index in [0.29, 0.717) is 19.0 Å². The minimum atomic E-state index is -0.312. The number of amides is 2. The van der Waals surface area contributed by atoms with E-state index in [-0.39, 0.29) is 29.2 Å². The third-order valence-corrected chi connectivity index (χ3v) is 3.24. The minimum absolute atomic E-state index is 0.00840. The Morgan fingerprint density at radius 3 is 3.06 bits per heavy atom. The normalized spacial score (nSPS) is 22.3. The number of carbonyl (C=O) groups is 2. The first kappa shape index (κ1) is 11.2. The standard InChI is InChI=1S/C11H15N5O2/c1-6-5-16-9(11(18)13-6)8(14-15-16)10(17)12-4-7-2-3-7/h6-7H,2-5H2,1H3,(H,12,17)(H,13,18)/t6-/m0/s1. The molecule has 7 nitrogen and oxygen atoms in total. The fourth-order valence-electron chi connectivity index (χ4n) is 2.06. The van der Waals surface area contributed by atoms with Gasteiger partial charge >= 0.3 is 0 Å². The fourth-order valence-corrected chi connectivity index (χ4v) is 2.06. The molecule has 1 fully saturated rings. The van der Waals surface area contributed by atoms with Crippen molar-refractivity contribution in [3.8, 4) is 0 Å². The molecule has 0 bridgehead atoms. The van der Waals surface area contributed by atoms with Crippen molar-refractivity contribution in [1.29, 1.82) is 0 Å². The van der Waals surface area contributed by atoms with E-state index in [0.717, 1.165) is 12.8 Å². The molecule has 0 saturated heterocycles. The van der Waals surface area contributed by atoms with Gasteiger partial charge in [-0.25, -0.2) is 4.68 Å². The van der Waals surface area contributed by atoms with Crippen molar-refractivity contribution in [2.75, 3.05) is 6.54 Å². The lowest BCUT2D eigenvalue weighted by Crippen LogP contribution is -2.43. The zero-order valence-corrected chi connectivity index (χ0v) is 10.1. The van der Waals surface area contributed by atoms with Gasteiger partial charge < -0.3 is 10.6 Å². The molecule has 1 aliphatic carbocycles. The minimum Gasteiger partial charge on any atom is -0.350 e. The van der Waals surface area contributed by atoms with Crippen LogP contribution in [0.1, 0.15) is 40.7 Å². The number of nitrogens with one attached hydrogen (secondary N) is 2. The average molecular weight is 249 g/mol. The van der Waals surface area contributed by atoms with Gasteiger partial charge in [0.25, 0.3) is 11.8 Å². The highest BCUT2D eigenvalue weighted by Crippen LogP contribution is 2.27. The van der Waals surface area contributed by atoms with E-state index in [1.54, 1.807) is 0 Å². The number of fused-ring (bicyclic) bond motifs is 1. The van der Waals surface area contributed by atoms with Gasteiger partial charge in [-0.15, -0.1) is 5.10 Å². The highest BCUT2D eigenvalue weighted by Gasteiger charge is 2.31. The summed E-state index contributed by atoms with van der Waals surface area (Å²) >= 11 is 0. The molecule has 1 saturated carbocycles. The largest absolute Gasteiger partial charge is 0.350 e. The topological polar surface area (TPSA) is 88.9 Å². The van der Waals surface area contributed by atoms with Crippen LogP contribution < -0.4 is 10.6 Å². The molecule has 0 unspecified atom stereocenters. The van der Waals surface area contributed by atoms with Crippen LogP contribution in [0.3, 0.4) is 0 Å². The average Bonchev–Trinajstić information content (AvgIpc) is 3.04. The van der Waals surface area contributed by atoms with Crippen molar-refractivity contribution in [1.82, 2.24) is 25.6 Å². The third kappa shape index (κ3) is 1.96. The molecule has 96 valence electrons. The molecule has 7 heteroatoms. The van der Waals surface area contributed by atoms with Gasteiger partial charge in [-0.1, -0.05) is 5.21 Å². The summed E-state index contributed by atoms with van der Waals surface area (Å²) in [6.45, 7) is 3.09. The molecule has 18 heavy (non-hydrogen) atoms. The molecule has 1 aromatic heterocycles. The summed E-state index contributed by atoms with van der Waals surface area (Å²) in [4.78, 5) is 23.8. The van der Waals surface area contributed by atoms with Crippen LogP contribution in [0.5, 0.6) is 0 Å². The monoisotopic (exact) mass is 249 g/mol. The Bertz CT molecular complexity index is 506. The zero-order valence-electron chi connectivity index (χ0n) is 10.1. The summed E-state index contributed by atoms with van der Waals surface area (Å²) in [6.07, 6.45) is 2.33. The smallest absolute Gasteiger partial charge is 0.274 e. The Morgan fingerprint density at radius 2 is 2.33 bits per heavy atom. The van der Waals surface area contributed by atoms with Gasteiger partial charge in [0.1, 0.15) is 0 Å². The lowest BCUT2D eigenvalue weighted by molar-refractivity contribution is 0.0880. The van der Waals surface area contributed by atoms with Crippen molar-refractivity contribution >= 4 is 11.8 Å². The van der Waals surface area contributed by atoms with Gasteiger partial charge in [0, 0.05) is 12.6 Å². The maximum absolute atomic E-state index is 11.9. The van der Waals surface area contributed by atoms with E-state index in [1.165, 1.54) is 4.68 Å².